The third-order valence-electron chi connectivity index (χ3n) is 6.97. The van der Waals surface area contributed by atoms with Gasteiger partial charge in [0.2, 0.25) is 0 Å². The van der Waals surface area contributed by atoms with Crippen LogP contribution in [0, 0.1) is 0 Å². The Morgan fingerprint density at radius 3 is 2.53 bits per heavy atom. The first kappa shape index (κ1) is 21.1. The predicted octanol–water partition coefficient (Wildman–Crippen LogP) is 4.01. The van der Waals surface area contributed by atoms with Gasteiger partial charge in [0.05, 0.1) is 11.1 Å². The zero-order valence-corrected chi connectivity index (χ0v) is 18.9. The minimum Gasteiger partial charge on any atom is -0.349 e. The molecular formula is C27H32N4O. The predicted molar refractivity (Wildman–Crippen MR) is 129 cm³/mol. The van der Waals surface area contributed by atoms with Crippen LogP contribution in [0.15, 0.2) is 54.6 Å². The molecule has 32 heavy (non-hydrogen) atoms. The van der Waals surface area contributed by atoms with Gasteiger partial charge in [0.1, 0.15) is 0 Å². The monoisotopic (exact) mass is 428 g/mol. The quantitative estimate of drug-likeness (QED) is 0.667. The Morgan fingerprint density at radius 1 is 1.00 bits per heavy atom. The van der Waals surface area contributed by atoms with Crippen molar-refractivity contribution in [1.29, 1.82) is 0 Å². The molecule has 1 fully saturated rings. The van der Waals surface area contributed by atoms with Crippen LogP contribution in [-0.4, -0.2) is 52.9 Å². The number of carbonyl (C=O) groups is 1. The second-order valence-corrected chi connectivity index (χ2v) is 9.06. The Morgan fingerprint density at radius 2 is 1.75 bits per heavy atom. The molecular weight excluding hydrogens is 396 g/mol. The van der Waals surface area contributed by atoms with Gasteiger partial charge in [-0.2, -0.15) is 0 Å². The van der Waals surface area contributed by atoms with Crippen molar-refractivity contribution in [3.8, 4) is 0 Å². The van der Waals surface area contributed by atoms with E-state index in [2.05, 4.69) is 52.4 Å². The summed E-state index contributed by atoms with van der Waals surface area (Å²) in [6.45, 7) is 8.00. The number of hydrogen-bond donors (Lipinski definition) is 1. The van der Waals surface area contributed by atoms with Crippen molar-refractivity contribution in [2.45, 2.75) is 45.3 Å². The molecule has 166 valence electrons. The van der Waals surface area contributed by atoms with E-state index >= 15 is 0 Å². The smallest absolute Gasteiger partial charge is 0.252 e. The third kappa shape index (κ3) is 4.41. The number of piperidine rings is 1. The molecule has 2 aliphatic heterocycles. The maximum Gasteiger partial charge on any atom is 0.252 e. The number of para-hydroxylation sites is 1. The molecule has 0 aliphatic carbocycles. The van der Waals surface area contributed by atoms with Gasteiger partial charge in [-0.25, -0.2) is 0 Å². The van der Waals surface area contributed by atoms with Crippen LogP contribution in [-0.2, 0) is 19.5 Å². The van der Waals surface area contributed by atoms with E-state index in [-0.39, 0.29) is 11.9 Å². The van der Waals surface area contributed by atoms with E-state index in [0.29, 0.717) is 0 Å². The fourth-order valence-corrected chi connectivity index (χ4v) is 5.11. The number of aromatic nitrogens is 1. The number of amides is 1. The molecule has 2 aliphatic rings. The van der Waals surface area contributed by atoms with Gasteiger partial charge in [-0.3, -0.25) is 19.6 Å². The Balaban J connectivity index is 1.32. The first-order chi connectivity index (χ1) is 15.7. The van der Waals surface area contributed by atoms with E-state index in [9.17, 15) is 4.79 Å². The molecule has 2 aromatic carbocycles. The zero-order chi connectivity index (χ0) is 21.9. The summed E-state index contributed by atoms with van der Waals surface area (Å²) in [5.41, 5.74) is 5.34. The van der Waals surface area contributed by atoms with Crippen LogP contribution < -0.4 is 5.32 Å². The molecule has 3 heterocycles. The maximum absolute atomic E-state index is 13.6. The summed E-state index contributed by atoms with van der Waals surface area (Å²) in [7, 11) is 0. The van der Waals surface area contributed by atoms with Gasteiger partial charge in [-0.15, -0.1) is 0 Å². The summed E-state index contributed by atoms with van der Waals surface area (Å²) in [6.07, 6.45) is 2.89. The molecule has 0 spiro atoms. The average molecular weight is 429 g/mol. The number of benzene rings is 2. The standard InChI is InChI=1S/C27H32N4O/c1-2-30-17-14-25-23(19-30)26(22-10-6-7-11-24(22)29-25)27(32)28-21-12-15-31(16-13-21)18-20-8-4-3-5-9-20/h3-11,21H,2,12-19H2,1H3,(H,28,32). The Bertz CT molecular complexity index is 1090. The lowest BCUT2D eigenvalue weighted by Crippen LogP contribution is -2.45. The summed E-state index contributed by atoms with van der Waals surface area (Å²) in [5, 5.41) is 4.36. The van der Waals surface area contributed by atoms with Crippen molar-refractivity contribution in [3.05, 3.63) is 77.0 Å². The van der Waals surface area contributed by atoms with Crippen LogP contribution in [0.2, 0.25) is 0 Å². The molecule has 5 rings (SSSR count). The number of fused-ring (bicyclic) bond motifs is 2. The molecule has 1 saturated heterocycles. The first-order valence-corrected chi connectivity index (χ1v) is 11.9. The number of hydrogen-bond acceptors (Lipinski definition) is 4. The fraction of sp³-hybridized carbons (Fsp3) is 0.407. The second kappa shape index (κ2) is 9.39. The normalized spacial score (nSPS) is 17.9. The Hall–Kier alpha value is -2.76. The van der Waals surface area contributed by atoms with E-state index in [1.54, 1.807) is 0 Å². The van der Waals surface area contributed by atoms with Gasteiger partial charge >= 0.3 is 0 Å². The number of nitrogens with zero attached hydrogens (tertiary/aromatic N) is 3. The molecule has 1 amide bonds. The van der Waals surface area contributed by atoms with Gasteiger partial charge < -0.3 is 5.32 Å². The van der Waals surface area contributed by atoms with Crippen LogP contribution in [0.4, 0.5) is 0 Å². The molecule has 3 aromatic rings. The number of rotatable bonds is 5. The van der Waals surface area contributed by atoms with Crippen LogP contribution in [0.1, 0.15) is 46.9 Å². The SMILES string of the molecule is CCN1CCc2nc3ccccc3c(C(=O)NC3CCN(Cc4ccccc4)CC3)c2C1. The van der Waals surface area contributed by atoms with E-state index in [0.717, 1.165) is 86.3 Å². The number of likely N-dealkylation sites (N-methyl/N-ethyl adjacent to an activating group) is 1. The van der Waals surface area contributed by atoms with Crippen molar-refractivity contribution in [1.82, 2.24) is 20.1 Å². The molecule has 5 nitrogen and oxygen atoms in total. The maximum atomic E-state index is 13.6. The highest BCUT2D eigenvalue weighted by molar-refractivity contribution is 6.07. The van der Waals surface area contributed by atoms with E-state index < -0.39 is 0 Å². The lowest BCUT2D eigenvalue weighted by Gasteiger charge is -2.33. The molecule has 0 unspecified atom stereocenters. The molecule has 0 radical (unpaired) electrons. The Labute approximate surface area is 190 Å². The summed E-state index contributed by atoms with van der Waals surface area (Å²) < 4.78 is 0. The first-order valence-electron chi connectivity index (χ1n) is 11.9. The highest BCUT2D eigenvalue weighted by Gasteiger charge is 2.27. The Kier molecular flexibility index (Phi) is 6.19. The number of pyridine rings is 1. The minimum absolute atomic E-state index is 0.0688. The summed E-state index contributed by atoms with van der Waals surface area (Å²) in [4.78, 5) is 23.4. The second-order valence-electron chi connectivity index (χ2n) is 9.06. The minimum atomic E-state index is 0.0688. The topological polar surface area (TPSA) is 48.5 Å². The van der Waals surface area contributed by atoms with Crippen molar-refractivity contribution in [2.75, 3.05) is 26.2 Å². The highest BCUT2D eigenvalue weighted by atomic mass is 16.1. The highest BCUT2D eigenvalue weighted by Crippen LogP contribution is 2.28. The summed E-state index contributed by atoms with van der Waals surface area (Å²) in [5.74, 6) is 0.0688. The van der Waals surface area contributed by atoms with Gasteiger partial charge in [-0.1, -0.05) is 55.5 Å². The van der Waals surface area contributed by atoms with Gasteiger partial charge in [-0.05, 0) is 31.0 Å². The molecule has 1 N–H and O–H groups in total. The van der Waals surface area contributed by atoms with Gasteiger partial charge in [0.25, 0.3) is 5.91 Å². The van der Waals surface area contributed by atoms with Crippen molar-refractivity contribution in [2.24, 2.45) is 0 Å². The van der Waals surface area contributed by atoms with Crippen molar-refractivity contribution >= 4 is 16.8 Å². The van der Waals surface area contributed by atoms with Crippen LogP contribution in [0.3, 0.4) is 0 Å². The van der Waals surface area contributed by atoms with Gasteiger partial charge in [0.15, 0.2) is 0 Å². The lowest BCUT2D eigenvalue weighted by atomic mass is 9.94. The molecule has 0 saturated carbocycles. The van der Waals surface area contributed by atoms with Crippen LogP contribution in [0.25, 0.3) is 10.9 Å². The van der Waals surface area contributed by atoms with Gasteiger partial charge in [0, 0.05) is 61.8 Å². The van der Waals surface area contributed by atoms with Crippen LogP contribution >= 0.6 is 0 Å². The van der Waals surface area contributed by atoms with Crippen molar-refractivity contribution < 1.29 is 4.79 Å². The van der Waals surface area contributed by atoms with Crippen LogP contribution in [0.5, 0.6) is 0 Å². The molecule has 0 atom stereocenters. The van der Waals surface area contributed by atoms with E-state index in [1.807, 2.05) is 24.3 Å². The lowest BCUT2D eigenvalue weighted by molar-refractivity contribution is 0.0907. The largest absolute Gasteiger partial charge is 0.349 e. The average Bonchev–Trinajstić information content (AvgIpc) is 2.84. The third-order valence-corrected chi connectivity index (χ3v) is 6.97. The summed E-state index contributed by atoms with van der Waals surface area (Å²) in [6, 6.07) is 18.9. The molecule has 0 bridgehead atoms. The number of carbonyl (C=O) groups excluding carboxylic acids is 1. The number of nitrogens with one attached hydrogen (secondary N) is 1. The number of likely N-dealkylation sites (tertiary alicyclic amines) is 1. The molecule has 1 aromatic heterocycles. The van der Waals surface area contributed by atoms with E-state index in [4.69, 9.17) is 4.98 Å². The summed E-state index contributed by atoms with van der Waals surface area (Å²) >= 11 is 0. The fourth-order valence-electron chi connectivity index (χ4n) is 5.11. The van der Waals surface area contributed by atoms with E-state index in [1.165, 1.54) is 5.56 Å². The van der Waals surface area contributed by atoms with Crippen molar-refractivity contribution in [3.63, 3.8) is 0 Å². The zero-order valence-electron chi connectivity index (χ0n) is 18.9. The molecule has 5 heteroatoms.